The quantitative estimate of drug-likeness (QED) is 0.872. The summed E-state index contributed by atoms with van der Waals surface area (Å²) in [5.41, 5.74) is 0.946. The predicted molar refractivity (Wildman–Crippen MR) is 79.4 cm³/mol. The molecule has 1 saturated heterocycles. The predicted octanol–water partition coefficient (Wildman–Crippen LogP) is 1.96. The van der Waals surface area contributed by atoms with Crippen molar-refractivity contribution in [2.24, 2.45) is 0 Å². The molecular formula is C14H22N2O3S. The molecule has 1 heterocycles. The SMILES string of the molecule is CCC1CC(Nc2ccc(S(=O)(=O)NC)cc2)CCO1. The van der Waals surface area contributed by atoms with E-state index < -0.39 is 10.0 Å². The molecule has 0 aliphatic carbocycles. The number of hydrogen-bond acceptors (Lipinski definition) is 4. The van der Waals surface area contributed by atoms with Gasteiger partial charge in [-0.25, -0.2) is 13.1 Å². The molecule has 0 bridgehead atoms. The van der Waals surface area contributed by atoms with Gasteiger partial charge in [0.2, 0.25) is 10.0 Å². The number of ether oxygens (including phenoxy) is 1. The van der Waals surface area contributed by atoms with Gasteiger partial charge in [-0.3, -0.25) is 0 Å². The molecule has 1 aromatic carbocycles. The van der Waals surface area contributed by atoms with E-state index in [2.05, 4.69) is 17.0 Å². The maximum absolute atomic E-state index is 11.6. The Labute approximate surface area is 120 Å². The summed E-state index contributed by atoms with van der Waals surface area (Å²) < 4.78 is 31.2. The molecule has 2 rings (SSSR count). The number of anilines is 1. The minimum atomic E-state index is -3.36. The molecule has 0 saturated carbocycles. The Hall–Kier alpha value is -1.11. The molecule has 112 valence electrons. The molecule has 2 atom stereocenters. The molecule has 1 fully saturated rings. The summed E-state index contributed by atoms with van der Waals surface area (Å²) in [5, 5.41) is 3.45. The van der Waals surface area contributed by atoms with E-state index in [0.29, 0.717) is 12.1 Å². The van der Waals surface area contributed by atoms with Gasteiger partial charge in [-0.1, -0.05) is 6.92 Å². The van der Waals surface area contributed by atoms with Gasteiger partial charge in [0.25, 0.3) is 0 Å². The fraction of sp³-hybridized carbons (Fsp3) is 0.571. The molecule has 6 heteroatoms. The van der Waals surface area contributed by atoms with Crippen molar-refractivity contribution in [3.63, 3.8) is 0 Å². The average Bonchev–Trinajstić information content (AvgIpc) is 2.48. The third kappa shape index (κ3) is 3.71. The van der Waals surface area contributed by atoms with Crippen molar-refractivity contribution in [3.8, 4) is 0 Å². The van der Waals surface area contributed by atoms with E-state index in [1.54, 1.807) is 24.3 Å². The summed E-state index contributed by atoms with van der Waals surface area (Å²) in [4.78, 5) is 0.281. The summed E-state index contributed by atoms with van der Waals surface area (Å²) in [5.74, 6) is 0. The smallest absolute Gasteiger partial charge is 0.240 e. The van der Waals surface area contributed by atoms with Gasteiger partial charge in [0.05, 0.1) is 11.0 Å². The van der Waals surface area contributed by atoms with Crippen molar-refractivity contribution in [2.45, 2.75) is 43.2 Å². The molecule has 2 N–H and O–H groups in total. The minimum Gasteiger partial charge on any atom is -0.382 e. The van der Waals surface area contributed by atoms with Crippen LogP contribution in [0.1, 0.15) is 26.2 Å². The van der Waals surface area contributed by atoms with E-state index in [1.807, 2.05) is 0 Å². The number of benzene rings is 1. The second-order valence-electron chi connectivity index (χ2n) is 5.00. The summed E-state index contributed by atoms with van der Waals surface area (Å²) in [7, 11) is -1.95. The van der Waals surface area contributed by atoms with E-state index in [-0.39, 0.29) is 4.90 Å². The second kappa shape index (κ2) is 6.56. The maximum Gasteiger partial charge on any atom is 0.240 e. The Bertz CT molecular complexity index is 528. The fourth-order valence-corrected chi connectivity index (χ4v) is 3.11. The van der Waals surface area contributed by atoms with Crippen LogP contribution in [0, 0.1) is 0 Å². The monoisotopic (exact) mass is 298 g/mol. The topological polar surface area (TPSA) is 67.4 Å². The summed E-state index contributed by atoms with van der Waals surface area (Å²) in [6, 6.07) is 7.23. The second-order valence-corrected chi connectivity index (χ2v) is 6.89. The lowest BCUT2D eigenvalue weighted by molar-refractivity contribution is 0.00925. The molecule has 1 aliphatic rings. The third-order valence-corrected chi connectivity index (χ3v) is 5.06. The first-order valence-corrected chi connectivity index (χ1v) is 8.45. The highest BCUT2D eigenvalue weighted by Gasteiger charge is 2.21. The van der Waals surface area contributed by atoms with E-state index in [4.69, 9.17) is 4.74 Å². The van der Waals surface area contributed by atoms with Crippen molar-refractivity contribution >= 4 is 15.7 Å². The van der Waals surface area contributed by atoms with Crippen LogP contribution in [0.15, 0.2) is 29.2 Å². The van der Waals surface area contributed by atoms with Crippen LogP contribution in [0.25, 0.3) is 0 Å². The van der Waals surface area contributed by atoms with Gasteiger partial charge in [-0.05, 0) is 50.6 Å². The van der Waals surface area contributed by atoms with Gasteiger partial charge in [0, 0.05) is 18.3 Å². The van der Waals surface area contributed by atoms with Crippen LogP contribution in [-0.2, 0) is 14.8 Å². The van der Waals surface area contributed by atoms with Gasteiger partial charge in [-0.15, -0.1) is 0 Å². The zero-order valence-electron chi connectivity index (χ0n) is 11.9. The number of rotatable bonds is 5. The largest absolute Gasteiger partial charge is 0.382 e. The van der Waals surface area contributed by atoms with Crippen molar-refractivity contribution < 1.29 is 13.2 Å². The highest BCUT2D eigenvalue weighted by Crippen LogP contribution is 2.21. The van der Waals surface area contributed by atoms with Gasteiger partial charge in [0.1, 0.15) is 0 Å². The van der Waals surface area contributed by atoms with Crippen LogP contribution in [0.5, 0.6) is 0 Å². The molecule has 0 radical (unpaired) electrons. The molecule has 5 nitrogen and oxygen atoms in total. The molecule has 0 amide bonds. The van der Waals surface area contributed by atoms with Gasteiger partial charge in [-0.2, -0.15) is 0 Å². The van der Waals surface area contributed by atoms with Gasteiger partial charge in [0.15, 0.2) is 0 Å². The average molecular weight is 298 g/mol. The van der Waals surface area contributed by atoms with Crippen molar-refractivity contribution in [2.75, 3.05) is 19.0 Å². The van der Waals surface area contributed by atoms with Crippen molar-refractivity contribution in [3.05, 3.63) is 24.3 Å². The highest BCUT2D eigenvalue weighted by atomic mass is 32.2. The molecule has 2 unspecified atom stereocenters. The fourth-order valence-electron chi connectivity index (χ4n) is 2.38. The molecule has 20 heavy (non-hydrogen) atoms. The molecular weight excluding hydrogens is 276 g/mol. The lowest BCUT2D eigenvalue weighted by Crippen LogP contribution is -2.33. The van der Waals surface area contributed by atoms with Gasteiger partial charge >= 0.3 is 0 Å². The maximum atomic E-state index is 11.6. The van der Waals surface area contributed by atoms with E-state index in [9.17, 15) is 8.42 Å². The van der Waals surface area contributed by atoms with Crippen LogP contribution < -0.4 is 10.0 Å². The van der Waals surface area contributed by atoms with E-state index in [0.717, 1.165) is 31.6 Å². The van der Waals surface area contributed by atoms with Gasteiger partial charge < -0.3 is 10.1 Å². The molecule has 0 spiro atoms. The van der Waals surface area contributed by atoms with Crippen LogP contribution in [0.2, 0.25) is 0 Å². The number of hydrogen-bond donors (Lipinski definition) is 2. The number of nitrogens with one attached hydrogen (secondary N) is 2. The Morgan fingerprint density at radius 1 is 1.30 bits per heavy atom. The lowest BCUT2D eigenvalue weighted by atomic mass is 10.0. The first-order chi connectivity index (χ1) is 9.55. The summed E-state index contributed by atoms with van der Waals surface area (Å²) in [6.07, 6.45) is 3.32. The summed E-state index contributed by atoms with van der Waals surface area (Å²) >= 11 is 0. The molecule has 0 aromatic heterocycles. The molecule has 1 aromatic rings. The summed E-state index contributed by atoms with van der Waals surface area (Å²) in [6.45, 7) is 2.91. The Kier molecular flexibility index (Phi) is 5.01. The Balaban J connectivity index is 2.00. The Morgan fingerprint density at radius 2 is 2.00 bits per heavy atom. The standard InChI is InChI=1S/C14H22N2O3S/c1-3-13-10-12(8-9-19-13)16-11-4-6-14(7-5-11)20(17,18)15-2/h4-7,12-13,15-16H,3,8-10H2,1-2H3. The minimum absolute atomic E-state index is 0.281. The zero-order valence-corrected chi connectivity index (χ0v) is 12.7. The van der Waals surface area contributed by atoms with Crippen molar-refractivity contribution in [1.82, 2.24) is 4.72 Å². The van der Waals surface area contributed by atoms with Crippen LogP contribution in [0.3, 0.4) is 0 Å². The van der Waals surface area contributed by atoms with E-state index in [1.165, 1.54) is 7.05 Å². The molecule has 1 aliphatic heterocycles. The lowest BCUT2D eigenvalue weighted by Gasteiger charge is -2.30. The number of sulfonamides is 1. The first-order valence-electron chi connectivity index (χ1n) is 6.97. The normalized spacial score (nSPS) is 23.5. The van der Waals surface area contributed by atoms with Crippen molar-refractivity contribution in [1.29, 1.82) is 0 Å². The van der Waals surface area contributed by atoms with Crippen LogP contribution in [-0.4, -0.2) is 34.2 Å². The third-order valence-electron chi connectivity index (χ3n) is 3.63. The Morgan fingerprint density at radius 3 is 2.60 bits per heavy atom. The highest BCUT2D eigenvalue weighted by molar-refractivity contribution is 7.89. The zero-order chi connectivity index (χ0) is 14.6. The van der Waals surface area contributed by atoms with Crippen LogP contribution >= 0.6 is 0 Å². The van der Waals surface area contributed by atoms with E-state index >= 15 is 0 Å². The first kappa shape index (κ1) is 15.3. The van der Waals surface area contributed by atoms with Crippen LogP contribution in [0.4, 0.5) is 5.69 Å².